The molecule has 0 fully saturated rings. The summed E-state index contributed by atoms with van der Waals surface area (Å²) < 4.78 is 126. The topological polar surface area (TPSA) is 194 Å². The summed E-state index contributed by atoms with van der Waals surface area (Å²) in [6.07, 6.45) is -5.18. The van der Waals surface area contributed by atoms with Gasteiger partial charge in [0.2, 0.25) is 0 Å². The Hall–Kier alpha value is -5.21. The molecule has 5 rings (SSSR count). The predicted octanol–water partition coefficient (Wildman–Crippen LogP) is 3.55. The highest BCUT2D eigenvalue weighted by Gasteiger charge is 2.36. The molecule has 14 nitrogen and oxygen atoms in total. The summed E-state index contributed by atoms with van der Waals surface area (Å²) in [5, 5.41) is 15.0. The van der Waals surface area contributed by atoms with Crippen molar-refractivity contribution in [2.75, 3.05) is 24.5 Å². The lowest BCUT2D eigenvalue weighted by molar-refractivity contribution is -0.832. The van der Waals surface area contributed by atoms with Gasteiger partial charge in [0.05, 0.1) is 15.7 Å². The van der Waals surface area contributed by atoms with Gasteiger partial charge >= 0.3 is 22.7 Å². The molecule has 3 aromatic carbocycles. The van der Waals surface area contributed by atoms with Crippen LogP contribution in [0.3, 0.4) is 0 Å². The maximum absolute atomic E-state index is 15.2. The molecule has 2 aromatic heterocycles. The first kappa shape index (κ1) is 35.1. The van der Waals surface area contributed by atoms with Crippen molar-refractivity contribution in [1.82, 2.24) is 9.88 Å². The number of ether oxygens (including phenoxy) is 2. The Labute approximate surface area is 274 Å². The predicted molar refractivity (Wildman–Crippen MR) is 161 cm³/mol. The molecule has 2 N–H and O–H groups in total. The SMILES string of the molecule is Cc1c(Cc2cccc(NS(=O)(=O)NCC(F)(F)F)c2F)c(=O)oc2cc(OCCOc3no[n+]([O-])c3S(=O)(=O)c3ccccc3)ccc12. The fraction of sp³-hybridized carbons (Fsp3) is 0.207. The molecule has 0 aliphatic heterocycles. The third-order valence-corrected chi connectivity index (χ3v) is 9.60. The number of aromatic nitrogens is 2. The molecule has 0 aliphatic carbocycles. The molecular weight excluding hydrogens is 704 g/mol. The van der Waals surface area contributed by atoms with Gasteiger partial charge in [0.15, 0.2) is 5.82 Å². The molecule has 260 valence electrons. The summed E-state index contributed by atoms with van der Waals surface area (Å²) in [5.74, 6) is -1.47. The van der Waals surface area contributed by atoms with E-state index in [9.17, 15) is 40.0 Å². The summed E-state index contributed by atoms with van der Waals surface area (Å²) in [7, 11) is -9.09. The third-order valence-electron chi connectivity index (χ3n) is 6.86. The Kier molecular flexibility index (Phi) is 9.83. The Morgan fingerprint density at radius 3 is 2.41 bits per heavy atom. The number of hydrogen-bond donors (Lipinski definition) is 2. The number of benzene rings is 3. The molecule has 49 heavy (non-hydrogen) atoms. The Balaban J connectivity index is 1.27. The van der Waals surface area contributed by atoms with Crippen LogP contribution in [0.4, 0.5) is 23.2 Å². The number of halogens is 4. The normalized spacial score (nSPS) is 12.3. The lowest BCUT2D eigenvalue weighted by Gasteiger charge is -2.14. The van der Waals surface area contributed by atoms with Gasteiger partial charge in [-0.05, 0) is 53.3 Å². The van der Waals surface area contributed by atoms with Crippen LogP contribution >= 0.6 is 0 Å². The van der Waals surface area contributed by atoms with Gasteiger partial charge in [-0.1, -0.05) is 30.3 Å². The monoisotopic (exact) mass is 728 g/mol. The quantitative estimate of drug-likeness (QED) is 0.0779. The number of hydrogen-bond acceptors (Lipinski definition) is 11. The van der Waals surface area contributed by atoms with Crippen LogP contribution in [0.5, 0.6) is 11.6 Å². The highest BCUT2D eigenvalue weighted by atomic mass is 32.2. The molecule has 0 bridgehead atoms. The van der Waals surface area contributed by atoms with E-state index in [2.05, 4.69) is 9.79 Å². The number of rotatable bonds is 13. The number of nitrogens with zero attached hydrogens (tertiary/aromatic N) is 2. The van der Waals surface area contributed by atoms with E-state index in [1.807, 2.05) is 0 Å². The van der Waals surface area contributed by atoms with E-state index >= 15 is 4.39 Å². The first-order valence-electron chi connectivity index (χ1n) is 13.9. The van der Waals surface area contributed by atoms with Crippen molar-refractivity contribution >= 4 is 36.7 Å². The zero-order valence-electron chi connectivity index (χ0n) is 25.0. The molecule has 0 unspecified atom stereocenters. The van der Waals surface area contributed by atoms with Crippen LogP contribution in [0.2, 0.25) is 0 Å². The van der Waals surface area contributed by atoms with Crippen molar-refractivity contribution in [3.05, 3.63) is 105 Å². The minimum absolute atomic E-state index is 0.0353. The summed E-state index contributed by atoms with van der Waals surface area (Å²) in [4.78, 5) is 12.5. The van der Waals surface area contributed by atoms with Gasteiger partial charge in [0.1, 0.15) is 31.1 Å². The number of anilines is 1. The van der Waals surface area contributed by atoms with Crippen molar-refractivity contribution in [2.45, 2.75) is 29.4 Å². The fourth-order valence-corrected chi connectivity index (χ4v) is 6.72. The molecule has 0 spiro atoms. The summed E-state index contributed by atoms with van der Waals surface area (Å²) >= 11 is 0. The van der Waals surface area contributed by atoms with Crippen LogP contribution in [-0.4, -0.2) is 47.9 Å². The van der Waals surface area contributed by atoms with E-state index in [-0.39, 0.29) is 51.9 Å². The number of aryl methyl sites for hydroxylation is 1. The van der Waals surface area contributed by atoms with E-state index in [0.717, 1.165) is 6.07 Å². The molecule has 0 radical (unpaired) electrons. The molecule has 20 heteroatoms. The molecule has 0 atom stereocenters. The molecular formula is C29H24F4N4O10S2. The van der Waals surface area contributed by atoms with E-state index in [4.69, 9.17) is 13.9 Å². The van der Waals surface area contributed by atoms with Crippen LogP contribution in [0.1, 0.15) is 16.7 Å². The average Bonchev–Trinajstić information content (AvgIpc) is 3.42. The highest BCUT2D eigenvalue weighted by molar-refractivity contribution is 7.91. The maximum atomic E-state index is 15.2. The van der Waals surface area contributed by atoms with Crippen molar-refractivity contribution in [1.29, 1.82) is 0 Å². The van der Waals surface area contributed by atoms with Crippen molar-refractivity contribution < 1.29 is 57.8 Å². The number of sulfone groups is 1. The van der Waals surface area contributed by atoms with Crippen LogP contribution in [0.25, 0.3) is 11.0 Å². The second-order valence-corrected chi connectivity index (χ2v) is 13.6. The van der Waals surface area contributed by atoms with E-state index in [1.54, 1.807) is 23.8 Å². The van der Waals surface area contributed by atoms with Crippen LogP contribution in [0.15, 0.2) is 90.5 Å². The van der Waals surface area contributed by atoms with Gasteiger partial charge < -0.3 is 19.1 Å². The standard InChI is InChI=1S/C29H24F4N4O10S2/c1-17-21-11-10-19(44-12-13-45-26-27(37(39)47-35-26)48(40,41)20-7-3-2-4-8-20)15-24(21)46-28(38)22(17)14-18-6-5-9-23(25(18)30)36-49(42,43)34-16-29(31,32)33/h2-11,15,34,36H,12-14,16H2,1H3. The van der Waals surface area contributed by atoms with Crippen molar-refractivity contribution in [3.8, 4) is 11.6 Å². The zero-order chi connectivity index (χ0) is 35.6. The largest absolute Gasteiger partial charge is 0.490 e. The second kappa shape index (κ2) is 13.7. The molecule has 0 saturated carbocycles. The third kappa shape index (κ3) is 8.09. The van der Waals surface area contributed by atoms with E-state index in [0.29, 0.717) is 10.9 Å². The fourth-order valence-electron chi connectivity index (χ4n) is 4.55. The molecule has 2 heterocycles. The summed E-state index contributed by atoms with van der Waals surface area (Å²) in [6, 6.07) is 15.1. The van der Waals surface area contributed by atoms with Gasteiger partial charge in [0.25, 0.3) is 20.0 Å². The summed E-state index contributed by atoms with van der Waals surface area (Å²) in [5.41, 5.74) is -1.07. The lowest BCUT2D eigenvalue weighted by Crippen LogP contribution is -2.37. The number of nitrogens with one attached hydrogen (secondary N) is 2. The van der Waals surface area contributed by atoms with Crippen molar-refractivity contribution in [2.24, 2.45) is 0 Å². The minimum Gasteiger partial charge on any atom is -0.490 e. The van der Waals surface area contributed by atoms with Crippen LogP contribution < -0.4 is 29.4 Å². The Morgan fingerprint density at radius 2 is 1.69 bits per heavy atom. The van der Waals surface area contributed by atoms with Crippen LogP contribution in [0, 0.1) is 17.9 Å². The molecule has 5 aromatic rings. The maximum Gasteiger partial charge on any atom is 0.415 e. The second-order valence-electron chi connectivity index (χ2n) is 10.2. The van der Waals surface area contributed by atoms with Gasteiger partial charge in [-0.2, -0.15) is 26.3 Å². The number of fused-ring (bicyclic) bond motifs is 1. The first-order valence-corrected chi connectivity index (χ1v) is 16.9. The van der Waals surface area contributed by atoms with E-state index in [1.165, 1.54) is 53.3 Å². The Bertz CT molecular complexity index is 2280. The lowest BCUT2D eigenvalue weighted by atomic mass is 9.99. The zero-order valence-corrected chi connectivity index (χ0v) is 26.6. The molecule has 0 aliphatic rings. The average molecular weight is 729 g/mol. The van der Waals surface area contributed by atoms with Gasteiger partial charge in [-0.15, -0.1) is 0 Å². The summed E-state index contributed by atoms with van der Waals surface area (Å²) in [6.45, 7) is -0.734. The van der Waals surface area contributed by atoms with Crippen molar-refractivity contribution in [3.63, 3.8) is 0 Å². The number of alkyl halides is 3. The first-order chi connectivity index (χ1) is 23.1. The van der Waals surface area contributed by atoms with Crippen LogP contribution in [-0.2, 0) is 26.5 Å². The van der Waals surface area contributed by atoms with Gasteiger partial charge in [-0.25, -0.2) is 17.6 Å². The Morgan fingerprint density at radius 1 is 0.980 bits per heavy atom. The van der Waals surface area contributed by atoms with E-state index < -0.39 is 60.8 Å². The highest BCUT2D eigenvalue weighted by Crippen LogP contribution is 2.28. The van der Waals surface area contributed by atoms with Gasteiger partial charge in [0, 0.05) is 23.4 Å². The molecule has 0 amide bonds. The minimum atomic E-state index is -4.83. The smallest absolute Gasteiger partial charge is 0.415 e. The molecule has 0 saturated heterocycles. The van der Waals surface area contributed by atoms with Gasteiger partial charge in [-0.3, -0.25) is 9.35 Å².